The first-order valence-electron chi connectivity index (χ1n) is 0.684. The van der Waals surface area contributed by atoms with E-state index in [1.165, 1.54) is 0 Å². The van der Waals surface area contributed by atoms with Gasteiger partial charge in [0.05, 0.1) is 0 Å². The molecule has 0 aromatic carbocycles. The fourth-order valence-electron chi connectivity index (χ4n) is 0. The normalized spacial score (nSPS) is 11.2. The second-order valence-electron chi connectivity index (χ2n) is 0.258. The molecule has 0 heterocycles. The van der Waals surface area contributed by atoms with Crippen LogP contribution in [-0.4, -0.2) is 0 Å². The maximum atomic E-state index is 4.95. The fraction of sp³-hybridized carbons (Fsp3) is 0. The number of rotatable bonds is 0. The summed E-state index contributed by atoms with van der Waals surface area (Å²) < 4.78 is 0. The van der Waals surface area contributed by atoms with Crippen molar-refractivity contribution in [1.29, 1.82) is 0 Å². The topological polar surface area (TPSA) is 0 Å². The summed E-state index contributed by atoms with van der Waals surface area (Å²) >= 11 is -3.57. The van der Waals surface area contributed by atoms with E-state index < -0.39 is 30.4 Å². The van der Waals surface area contributed by atoms with E-state index in [1.54, 1.807) is 0 Å². The van der Waals surface area contributed by atoms with Crippen LogP contribution in [0.25, 0.3) is 0 Å². The standard InChI is InChI=1S/2Au.6ClH/h;;6*1H/q2*+3;;;;;;/p-6. The molecule has 0 atom stereocenters. The second-order valence-corrected chi connectivity index (χ2v) is 19.0. The monoisotopic (exact) mass is 604 g/mol. The van der Waals surface area contributed by atoms with Crippen LogP contribution < -0.4 is 0 Å². The van der Waals surface area contributed by atoms with E-state index in [0.717, 1.165) is 0 Å². The second kappa shape index (κ2) is 10.2. The van der Waals surface area contributed by atoms with Crippen LogP contribution in [0.1, 0.15) is 0 Å². The molecule has 0 aliphatic heterocycles. The Balaban J connectivity index is 0. The predicted octanol–water partition coefficient (Wildman–Crippen LogP) is 4.13. The van der Waals surface area contributed by atoms with Crippen molar-refractivity contribution in [2.75, 3.05) is 0 Å². The SMILES string of the molecule is [Cl][Au]([Cl])[Cl].[Cl][Au]([Cl])[Cl]. The van der Waals surface area contributed by atoms with Gasteiger partial charge in [-0.2, -0.15) is 0 Å². The molecule has 8 heavy (non-hydrogen) atoms. The molecule has 0 aromatic heterocycles. The minimum atomic E-state index is -1.79. The zero-order valence-corrected chi connectivity index (χ0v) is 11.7. The molecule has 0 spiro atoms. The minimum absolute atomic E-state index is 1.79. The summed E-state index contributed by atoms with van der Waals surface area (Å²) in [5, 5.41) is 0. The van der Waals surface area contributed by atoms with E-state index in [4.69, 9.17) is 55.1 Å². The van der Waals surface area contributed by atoms with Crippen molar-refractivity contribution in [2.24, 2.45) is 0 Å². The molecule has 8 heteroatoms. The van der Waals surface area contributed by atoms with Gasteiger partial charge in [-0.05, 0) is 0 Å². The first-order chi connectivity index (χ1) is 3.46. The molecule has 0 fully saturated rings. The van der Waals surface area contributed by atoms with Crippen LogP contribution in [0.4, 0.5) is 0 Å². The van der Waals surface area contributed by atoms with Gasteiger partial charge in [0.25, 0.3) is 0 Å². The molecule has 0 N–H and O–H groups in total. The van der Waals surface area contributed by atoms with E-state index in [1.807, 2.05) is 0 Å². The molecule has 64 valence electrons. The third-order valence-electron chi connectivity index (χ3n) is 0. The molecule has 0 rings (SSSR count). The van der Waals surface area contributed by atoms with Gasteiger partial charge in [-0.1, -0.05) is 0 Å². The van der Waals surface area contributed by atoms with E-state index in [2.05, 4.69) is 0 Å². The maximum absolute atomic E-state index is 4.95. The summed E-state index contributed by atoms with van der Waals surface area (Å²) in [6.07, 6.45) is 0. The van der Waals surface area contributed by atoms with E-state index in [-0.39, 0.29) is 0 Å². The Morgan fingerprint density at radius 3 is 0.500 bits per heavy atom. The van der Waals surface area contributed by atoms with E-state index in [9.17, 15) is 0 Å². The fourth-order valence-corrected chi connectivity index (χ4v) is 0. The molecular formula is Au2Cl6. The number of hydrogen-bond donors (Lipinski definition) is 0. The van der Waals surface area contributed by atoms with Crippen molar-refractivity contribution < 1.29 is 30.4 Å². The van der Waals surface area contributed by atoms with Gasteiger partial charge in [0.15, 0.2) is 0 Å². The Morgan fingerprint density at radius 1 is 0.500 bits per heavy atom. The van der Waals surface area contributed by atoms with Crippen molar-refractivity contribution >= 4 is 55.1 Å². The van der Waals surface area contributed by atoms with Crippen LogP contribution in [0, 0.1) is 0 Å². The number of halogens is 6. The van der Waals surface area contributed by atoms with Crippen molar-refractivity contribution in [1.82, 2.24) is 0 Å². The van der Waals surface area contributed by atoms with Gasteiger partial charge in [-0.15, -0.1) is 0 Å². The van der Waals surface area contributed by atoms with Crippen LogP contribution in [0.5, 0.6) is 0 Å². The van der Waals surface area contributed by atoms with Crippen LogP contribution in [0.15, 0.2) is 0 Å². The van der Waals surface area contributed by atoms with Crippen molar-refractivity contribution in [3.8, 4) is 0 Å². The van der Waals surface area contributed by atoms with Crippen molar-refractivity contribution in [3.63, 3.8) is 0 Å². The average Bonchev–Trinajstić information content (AvgIpc) is 1.25. The predicted molar refractivity (Wildman–Crippen MR) is 35.1 cm³/mol. The average molecular weight is 607 g/mol. The summed E-state index contributed by atoms with van der Waals surface area (Å²) in [5.41, 5.74) is 0. The molecule has 0 amide bonds. The summed E-state index contributed by atoms with van der Waals surface area (Å²) in [4.78, 5) is 0. The van der Waals surface area contributed by atoms with Crippen LogP contribution in [0.3, 0.4) is 0 Å². The van der Waals surface area contributed by atoms with Gasteiger partial charge < -0.3 is 0 Å². The zero-order chi connectivity index (χ0) is 7.15. The summed E-state index contributed by atoms with van der Waals surface area (Å²) in [6, 6.07) is 0. The van der Waals surface area contributed by atoms with Gasteiger partial charge in [-0.25, -0.2) is 0 Å². The van der Waals surface area contributed by atoms with Crippen molar-refractivity contribution in [3.05, 3.63) is 0 Å². The Morgan fingerprint density at radius 2 is 0.500 bits per heavy atom. The summed E-state index contributed by atoms with van der Waals surface area (Å²) in [6.45, 7) is 0. The Kier molecular flexibility index (Phi) is 17.6. The number of hydrogen-bond acceptors (Lipinski definition) is 0. The molecule has 0 saturated heterocycles. The molecule has 0 bridgehead atoms. The third-order valence-corrected chi connectivity index (χ3v) is 0. The zero-order valence-electron chi connectivity index (χ0n) is 2.87. The van der Waals surface area contributed by atoms with Crippen LogP contribution in [-0.2, 0) is 30.4 Å². The van der Waals surface area contributed by atoms with E-state index in [0.29, 0.717) is 0 Å². The third kappa shape index (κ3) is 60.1. The first-order valence-corrected chi connectivity index (χ1v) is 16.8. The Labute approximate surface area is 83.9 Å². The quantitative estimate of drug-likeness (QED) is 0.364. The van der Waals surface area contributed by atoms with E-state index >= 15 is 0 Å². The summed E-state index contributed by atoms with van der Waals surface area (Å²) in [7, 11) is 29.7. The van der Waals surface area contributed by atoms with Gasteiger partial charge >= 0.3 is 85.5 Å². The van der Waals surface area contributed by atoms with Gasteiger partial charge in [0.2, 0.25) is 0 Å². The van der Waals surface area contributed by atoms with Crippen LogP contribution in [0.2, 0.25) is 0 Å². The molecule has 0 aliphatic rings. The molecule has 0 radical (unpaired) electrons. The van der Waals surface area contributed by atoms with Gasteiger partial charge in [0.1, 0.15) is 0 Å². The molecular weight excluding hydrogens is 607 g/mol. The molecule has 0 aromatic rings. The van der Waals surface area contributed by atoms with Crippen molar-refractivity contribution in [2.45, 2.75) is 0 Å². The summed E-state index contributed by atoms with van der Waals surface area (Å²) in [5.74, 6) is 0. The van der Waals surface area contributed by atoms with Crippen LogP contribution >= 0.6 is 55.1 Å². The molecule has 0 saturated carbocycles. The molecule has 0 aliphatic carbocycles. The van der Waals surface area contributed by atoms with Gasteiger partial charge in [-0.3, -0.25) is 0 Å². The Hall–Kier alpha value is 3.22. The van der Waals surface area contributed by atoms with Gasteiger partial charge in [0, 0.05) is 0 Å². The molecule has 0 unspecified atom stereocenters. The first kappa shape index (κ1) is 13.8. The molecule has 0 nitrogen and oxygen atoms in total. The Bertz CT molecular complexity index is 22.0.